The number of imidazole rings is 1. The summed E-state index contributed by atoms with van der Waals surface area (Å²) < 4.78 is 0. The van der Waals surface area contributed by atoms with Crippen LogP contribution in [-0.2, 0) is 16.1 Å². The fourth-order valence-electron chi connectivity index (χ4n) is 2.52. The third-order valence-electron chi connectivity index (χ3n) is 3.47. The quantitative estimate of drug-likeness (QED) is 0.831. The highest BCUT2D eigenvalue weighted by Crippen LogP contribution is 2.33. The molecule has 1 aliphatic carbocycles. The first-order valence-corrected chi connectivity index (χ1v) is 6.05. The van der Waals surface area contributed by atoms with Gasteiger partial charge >= 0.3 is 5.97 Å². The number of aliphatic carboxylic acids is 1. The topological polar surface area (TPSA) is 86.3 Å². The van der Waals surface area contributed by atoms with Crippen molar-refractivity contribution in [2.75, 3.05) is 7.05 Å². The van der Waals surface area contributed by atoms with Crippen LogP contribution in [0.1, 0.15) is 25.1 Å². The van der Waals surface area contributed by atoms with Gasteiger partial charge < -0.3 is 15.0 Å². The van der Waals surface area contributed by atoms with Gasteiger partial charge in [-0.1, -0.05) is 6.42 Å². The van der Waals surface area contributed by atoms with E-state index < -0.39 is 11.9 Å². The zero-order chi connectivity index (χ0) is 13.1. The second-order valence-electron chi connectivity index (χ2n) is 4.71. The van der Waals surface area contributed by atoms with Crippen LogP contribution in [0.4, 0.5) is 0 Å². The summed E-state index contributed by atoms with van der Waals surface area (Å²) in [5.74, 6) is -1.18. The van der Waals surface area contributed by atoms with Gasteiger partial charge in [0.2, 0.25) is 5.91 Å². The molecule has 0 unspecified atom stereocenters. The fourth-order valence-corrected chi connectivity index (χ4v) is 2.52. The SMILES string of the molecule is CN(Cc1ncc[nH]1)C(=O)[C@@H]1CCC[C@@H]1C(=O)O. The Hall–Kier alpha value is -1.85. The largest absolute Gasteiger partial charge is 0.481 e. The minimum absolute atomic E-state index is 0.101. The molecule has 98 valence electrons. The molecule has 18 heavy (non-hydrogen) atoms. The van der Waals surface area contributed by atoms with Crippen LogP contribution in [0.15, 0.2) is 12.4 Å². The zero-order valence-electron chi connectivity index (χ0n) is 10.3. The molecule has 0 saturated heterocycles. The number of carboxylic acids is 1. The van der Waals surface area contributed by atoms with Gasteiger partial charge in [0.15, 0.2) is 0 Å². The number of amides is 1. The molecule has 1 fully saturated rings. The molecule has 1 amide bonds. The number of carbonyl (C=O) groups is 2. The number of carboxylic acid groups (broad SMARTS) is 1. The summed E-state index contributed by atoms with van der Waals surface area (Å²) in [5, 5.41) is 9.08. The number of carbonyl (C=O) groups excluding carboxylic acids is 1. The Morgan fingerprint density at radius 1 is 1.50 bits per heavy atom. The van der Waals surface area contributed by atoms with Gasteiger partial charge in [-0.3, -0.25) is 9.59 Å². The molecule has 0 radical (unpaired) electrons. The van der Waals surface area contributed by atoms with Crippen LogP contribution >= 0.6 is 0 Å². The lowest BCUT2D eigenvalue weighted by molar-refractivity contribution is -0.148. The summed E-state index contributed by atoms with van der Waals surface area (Å²) >= 11 is 0. The summed E-state index contributed by atoms with van der Waals surface area (Å²) in [7, 11) is 1.68. The van der Waals surface area contributed by atoms with Crippen molar-refractivity contribution in [3.8, 4) is 0 Å². The minimum atomic E-state index is -0.864. The van der Waals surface area contributed by atoms with Gasteiger partial charge in [0.05, 0.1) is 18.4 Å². The zero-order valence-corrected chi connectivity index (χ0v) is 10.3. The number of nitrogens with zero attached hydrogens (tertiary/aromatic N) is 2. The third-order valence-corrected chi connectivity index (χ3v) is 3.47. The fraction of sp³-hybridized carbons (Fsp3) is 0.583. The van der Waals surface area contributed by atoms with E-state index in [1.54, 1.807) is 24.3 Å². The maximum absolute atomic E-state index is 12.2. The van der Waals surface area contributed by atoms with E-state index in [4.69, 9.17) is 5.11 Å². The van der Waals surface area contributed by atoms with Gasteiger partial charge in [0, 0.05) is 19.4 Å². The van der Waals surface area contributed by atoms with Crippen molar-refractivity contribution in [2.24, 2.45) is 11.8 Å². The highest BCUT2D eigenvalue weighted by molar-refractivity contribution is 5.85. The Kier molecular flexibility index (Phi) is 3.64. The summed E-state index contributed by atoms with van der Waals surface area (Å²) in [4.78, 5) is 31.8. The molecule has 2 atom stereocenters. The van der Waals surface area contributed by atoms with Gasteiger partial charge in [-0.25, -0.2) is 4.98 Å². The highest BCUT2D eigenvalue weighted by atomic mass is 16.4. The monoisotopic (exact) mass is 251 g/mol. The van der Waals surface area contributed by atoms with Gasteiger partial charge in [0.25, 0.3) is 0 Å². The van der Waals surface area contributed by atoms with Crippen molar-refractivity contribution in [3.05, 3.63) is 18.2 Å². The Morgan fingerprint density at radius 2 is 2.22 bits per heavy atom. The van der Waals surface area contributed by atoms with E-state index in [9.17, 15) is 9.59 Å². The van der Waals surface area contributed by atoms with Crippen LogP contribution in [-0.4, -0.2) is 38.9 Å². The molecule has 0 spiro atoms. The van der Waals surface area contributed by atoms with Crippen LogP contribution in [0.25, 0.3) is 0 Å². The predicted octanol–water partition coefficient (Wildman–Crippen LogP) is 0.869. The van der Waals surface area contributed by atoms with Gasteiger partial charge in [-0.15, -0.1) is 0 Å². The maximum Gasteiger partial charge on any atom is 0.307 e. The van der Waals surface area contributed by atoms with Crippen LogP contribution < -0.4 is 0 Å². The molecule has 0 bridgehead atoms. The lowest BCUT2D eigenvalue weighted by Crippen LogP contribution is -2.36. The van der Waals surface area contributed by atoms with Gasteiger partial charge in [0.1, 0.15) is 5.82 Å². The second-order valence-corrected chi connectivity index (χ2v) is 4.71. The Bertz CT molecular complexity index is 430. The van der Waals surface area contributed by atoms with E-state index in [-0.39, 0.29) is 11.8 Å². The Morgan fingerprint density at radius 3 is 2.83 bits per heavy atom. The lowest BCUT2D eigenvalue weighted by atomic mass is 9.95. The molecule has 1 aliphatic rings. The minimum Gasteiger partial charge on any atom is -0.481 e. The summed E-state index contributed by atoms with van der Waals surface area (Å²) in [6, 6.07) is 0. The first kappa shape index (κ1) is 12.6. The van der Waals surface area contributed by atoms with Crippen molar-refractivity contribution in [1.29, 1.82) is 0 Å². The number of hydrogen-bond donors (Lipinski definition) is 2. The maximum atomic E-state index is 12.2. The van der Waals surface area contributed by atoms with Crippen LogP contribution in [0.3, 0.4) is 0 Å². The van der Waals surface area contributed by atoms with E-state index in [0.29, 0.717) is 25.2 Å². The van der Waals surface area contributed by atoms with Crippen molar-refractivity contribution in [1.82, 2.24) is 14.9 Å². The van der Waals surface area contributed by atoms with E-state index >= 15 is 0 Å². The number of nitrogens with one attached hydrogen (secondary N) is 1. The summed E-state index contributed by atoms with van der Waals surface area (Å²) in [6.07, 6.45) is 5.40. The molecule has 2 rings (SSSR count). The van der Waals surface area contributed by atoms with Crippen molar-refractivity contribution in [2.45, 2.75) is 25.8 Å². The molecule has 2 N–H and O–H groups in total. The lowest BCUT2D eigenvalue weighted by Gasteiger charge is -2.22. The molecule has 1 saturated carbocycles. The molecule has 1 aromatic rings. The van der Waals surface area contributed by atoms with Crippen LogP contribution in [0, 0.1) is 11.8 Å². The standard InChI is InChI=1S/C12H17N3O3/c1-15(7-10-13-5-6-14-10)11(16)8-3-2-4-9(8)12(17)18/h5-6,8-9H,2-4,7H2,1H3,(H,13,14)(H,17,18)/t8-,9+/m1/s1. The molecule has 1 heterocycles. The van der Waals surface area contributed by atoms with Crippen molar-refractivity contribution in [3.63, 3.8) is 0 Å². The smallest absolute Gasteiger partial charge is 0.307 e. The van der Waals surface area contributed by atoms with E-state index in [0.717, 1.165) is 6.42 Å². The first-order chi connectivity index (χ1) is 8.59. The normalized spacial score (nSPS) is 22.9. The molecule has 0 aromatic carbocycles. The van der Waals surface area contributed by atoms with Crippen LogP contribution in [0.5, 0.6) is 0 Å². The van der Waals surface area contributed by atoms with Crippen molar-refractivity contribution >= 4 is 11.9 Å². The first-order valence-electron chi connectivity index (χ1n) is 6.05. The van der Waals surface area contributed by atoms with Crippen LogP contribution in [0.2, 0.25) is 0 Å². The molecule has 6 nitrogen and oxygen atoms in total. The molecule has 0 aliphatic heterocycles. The number of rotatable bonds is 4. The number of hydrogen-bond acceptors (Lipinski definition) is 3. The number of aromatic amines is 1. The van der Waals surface area contributed by atoms with E-state index in [1.165, 1.54) is 0 Å². The highest BCUT2D eigenvalue weighted by Gasteiger charge is 2.39. The van der Waals surface area contributed by atoms with E-state index in [1.807, 2.05) is 0 Å². The average molecular weight is 251 g/mol. The average Bonchev–Trinajstić information content (AvgIpc) is 2.97. The van der Waals surface area contributed by atoms with Gasteiger partial charge in [-0.2, -0.15) is 0 Å². The number of H-pyrrole nitrogens is 1. The predicted molar refractivity (Wildman–Crippen MR) is 63.5 cm³/mol. The Labute approximate surface area is 105 Å². The van der Waals surface area contributed by atoms with E-state index in [2.05, 4.69) is 9.97 Å². The third kappa shape index (κ3) is 2.52. The molecule has 6 heteroatoms. The van der Waals surface area contributed by atoms with Gasteiger partial charge in [-0.05, 0) is 12.8 Å². The second kappa shape index (κ2) is 5.20. The number of aromatic nitrogens is 2. The molecule has 1 aromatic heterocycles. The van der Waals surface area contributed by atoms with Crippen molar-refractivity contribution < 1.29 is 14.7 Å². The Balaban J connectivity index is 1.99. The summed E-state index contributed by atoms with van der Waals surface area (Å²) in [5.41, 5.74) is 0. The summed E-state index contributed by atoms with van der Waals surface area (Å²) in [6.45, 7) is 0.384. The molecular formula is C12H17N3O3. The molecular weight excluding hydrogens is 234 g/mol.